The number of carboxylic acids is 3. The number of nitro benzene ring substituents is 1. The van der Waals surface area contributed by atoms with Gasteiger partial charge in [-0.05, 0) is 42.3 Å². The minimum Gasteiger partial charge on any atom is -0.478 e. The largest absolute Gasteiger partial charge is 0.478 e. The van der Waals surface area contributed by atoms with E-state index in [1.165, 1.54) is 43.5 Å². The van der Waals surface area contributed by atoms with Crippen LogP contribution in [-0.4, -0.2) is 42.7 Å². The van der Waals surface area contributed by atoms with Gasteiger partial charge in [-0.3, -0.25) is 10.1 Å². The predicted octanol–water partition coefficient (Wildman–Crippen LogP) is 5.14. The van der Waals surface area contributed by atoms with E-state index < -0.39 is 22.8 Å². The molecule has 4 rings (SSSR count). The number of non-ortho nitro benzene ring substituents is 1. The molecule has 0 saturated heterocycles. The van der Waals surface area contributed by atoms with Crippen LogP contribution in [0.25, 0.3) is 16.9 Å². The van der Waals surface area contributed by atoms with Gasteiger partial charge in [-0.2, -0.15) is 0 Å². The van der Waals surface area contributed by atoms with E-state index in [1.54, 1.807) is 22.8 Å². The molecule has 0 saturated carbocycles. The zero-order valence-electron chi connectivity index (χ0n) is 18.9. The average molecular weight is 488 g/mol. The number of nitrogens with zero attached hydrogens (tertiary/aromatic N) is 2. The molecule has 3 aromatic carbocycles. The molecule has 3 N–H and O–H groups in total. The summed E-state index contributed by atoms with van der Waals surface area (Å²) in [6, 6.07) is 21.1. The van der Waals surface area contributed by atoms with E-state index in [1.807, 2.05) is 30.3 Å². The fourth-order valence-corrected chi connectivity index (χ4v) is 3.48. The highest BCUT2D eigenvalue weighted by Crippen LogP contribution is 2.27. The third kappa shape index (κ3) is 5.62. The fraction of sp³-hybridized carbons (Fsp3) is 0.0385. The van der Waals surface area contributed by atoms with Crippen molar-refractivity contribution in [2.24, 2.45) is 0 Å². The Bertz CT molecular complexity index is 1430. The van der Waals surface area contributed by atoms with E-state index in [2.05, 4.69) is 0 Å². The van der Waals surface area contributed by atoms with Crippen molar-refractivity contribution in [3.05, 3.63) is 117 Å². The zero-order valence-corrected chi connectivity index (χ0v) is 18.9. The van der Waals surface area contributed by atoms with Crippen LogP contribution in [0.5, 0.6) is 0 Å². The van der Waals surface area contributed by atoms with Gasteiger partial charge < -0.3 is 19.9 Å². The van der Waals surface area contributed by atoms with Crippen LogP contribution in [0.15, 0.2) is 85.1 Å². The molecule has 0 fully saturated rings. The number of aromatic nitrogens is 1. The van der Waals surface area contributed by atoms with E-state index in [9.17, 15) is 29.6 Å². The maximum Gasteiger partial charge on any atom is 0.337 e. The molecule has 0 unspecified atom stereocenters. The average Bonchev–Trinajstić information content (AvgIpc) is 3.31. The molecular weight excluding hydrogens is 468 g/mol. The molecule has 1 heterocycles. The Labute approximate surface area is 204 Å². The topological polar surface area (TPSA) is 160 Å². The molecule has 10 nitrogen and oxygen atoms in total. The number of aromatic carboxylic acids is 3. The van der Waals surface area contributed by atoms with Gasteiger partial charge in [0, 0.05) is 18.3 Å². The summed E-state index contributed by atoms with van der Waals surface area (Å²) >= 11 is 0. The van der Waals surface area contributed by atoms with Crippen LogP contribution >= 0.6 is 0 Å². The summed E-state index contributed by atoms with van der Waals surface area (Å²) in [5.74, 6) is -3.27. The van der Waals surface area contributed by atoms with Crippen molar-refractivity contribution in [3.63, 3.8) is 0 Å². The van der Waals surface area contributed by atoms with Gasteiger partial charge in [0.15, 0.2) is 0 Å². The SMILES string of the molecule is Cc1c(C(=O)O)cccc1C(=O)O.O=C(O)c1cc(-c2ccccc2)n(-c2cccc([N+](=O)[O-])c2)c1. The molecule has 1 aromatic heterocycles. The van der Waals surface area contributed by atoms with Gasteiger partial charge in [-0.15, -0.1) is 0 Å². The Hall–Kier alpha value is -5.25. The van der Waals surface area contributed by atoms with Crippen molar-refractivity contribution in [3.8, 4) is 16.9 Å². The van der Waals surface area contributed by atoms with Crippen molar-refractivity contribution in [2.75, 3.05) is 0 Å². The summed E-state index contributed by atoms with van der Waals surface area (Å²) < 4.78 is 1.64. The van der Waals surface area contributed by atoms with Crippen LogP contribution in [0.2, 0.25) is 0 Å². The molecular formula is C26H20N2O8. The highest BCUT2D eigenvalue weighted by Gasteiger charge is 2.16. The van der Waals surface area contributed by atoms with Crippen LogP contribution < -0.4 is 0 Å². The summed E-state index contributed by atoms with van der Waals surface area (Å²) in [6.45, 7) is 1.48. The third-order valence-electron chi connectivity index (χ3n) is 5.25. The monoisotopic (exact) mass is 488 g/mol. The molecule has 0 amide bonds. The van der Waals surface area contributed by atoms with E-state index >= 15 is 0 Å². The predicted molar refractivity (Wildman–Crippen MR) is 130 cm³/mol. The minimum atomic E-state index is -1.11. The first-order valence-corrected chi connectivity index (χ1v) is 10.4. The number of hydrogen-bond acceptors (Lipinski definition) is 5. The second-order valence-corrected chi connectivity index (χ2v) is 7.52. The molecule has 4 aromatic rings. The van der Waals surface area contributed by atoms with Crippen LogP contribution in [0.4, 0.5) is 5.69 Å². The van der Waals surface area contributed by atoms with Crippen LogP contribution in [-0.2, 0) is 0 Å². The highest BCUT2D eigenvalue weighted by molar-refractivity contribution is 5.96. The molecule has 36 heavy (non-hydrogen) atoms. The number of carboxylic acid groups (broad SMARTS) is 3. The Morgan fingerprint density at radius 1 is 0.778 bits per heavy atom. The van der Waals surface area contributed by atoms with Crippen LogP contribution in [0.1, 0.15) is 36.6 Å². The minimum absolute atomic E-state index is 0.0277. The summed E-state index contributed by atoms with van der Waals surface area (Å²) in [4.78, 5) is 43.0. The van der Waals surface area contributed by atoms with Crippen molar-refractivity contribution >= 4 is 23.6 Å². The second kappa shape index (κ2) is 10.8. The number of nitro groups is 1. The quantitative estimate of drug-likeness (QED) is 0.248. The Morgan fingerprint density at radius 2 is 1.36 bits per heavy atom. The Kier molecular flexibility index (Phi) is 7.60. The smallest absolute Gasteiger partial charge is 0.337 e. The Balaban J connectivity index is 0.000000236. The number of rotatable bonds is 6. The lowest BCUT2D eigenvalue weighted by atomic mass is 10.0. The number of benzene rings is 3. The van der Waals surface area contributed by atoms with Crippen molar-refractivity contribution in [1.29, 1.82) is 0 Å². The summed E-state index contributed by atoms with van der Waals surface area (Å²) in [7, 11) is 0. The van der Waals surface area contributed by atoms with Crippen molar-refractivity contribution in [1.82, 2.24) is 4.57 Å². The lowest BCUT2D eigenvalue weighted by Gasteiger charge is -2.09. The highest BCUT2D eigenvalue weighted by atomic mass is 16.6. The van der Waals surface area contributed by atoms with Gasteiger partial charge in [-0.25, -0.2) is 14.4 Å². The van der Waals surface area contributed by atoms with E-state index in [0.29, 0.717) is 11.4 Å². The number of carbonyl (C=O) groups is 3. The van der Waals surface area contributed by atoms with Gasteiger partial charge in [0.1, 0.15) is 0 Å². The molecule has 0 aliphatic rings. The third-order valence-corrected chi connectivity index (χ3v) is 5.25. The molecule has 0 spiro atoms. The molecule has 0 bridgehead atoms. The molecule has 0 aliphatic carbocycles. The first kappa shape index (κ1) is 25.4. The van der Waals surface area contributed by atoms with Gasteiger partial charge in [-0.1, -0.05) is 42.5 Å². The van der Waals surface area contributed by atoms with Gasteiger partial charge in [0.2, 0.25) is 0 Å². The molecule has 0 atom stereocenters. The standard InChI is InChI=1S/C17H12N2O4.C9H8O4/c20-17(21)13-9-16(12-5-2-1-3-6-12)18(11-13)14-7-4-8-15(10-14)19(22)23;1-5-6(8(10)11)3-2-4-7(5)9(12)13/h1-11H,(H,20,21);2-4H,1H3,(H,10,11)(H,12,13). The molecule has 10 heteroatoms. The zero-order chi connectivity index (χ0) is 26.4. The van der Waals surface area contributed by atoms with Gasteiger partial charge >= 0.3 is 17.9 Å². The van der Waals surface area contributed by atoms with Gasteiger partial charge in [0.05, 0.1) is 33.0 Å². The van der Waals surface area contributed by atoms with Crippen molar-refractivity contribution in [2.45, 2.75) is 6.92 Å². The van der Waals surface area contributed by atoms with Crippen molar-refractivity contribution < 1.29 is 34.6 Å². The van der Waals surface area contributed by atoms with Crippen LogP contribution in [0, 0.1) is 17.0 Å². The lowest BCUT2D eigenvalue weighted by molar-refractivity contribution is -0.384. The van der Waals surface area contributed by atoms with Crippen LogP contribution in [0.3, 0.4) is 0 Å². The first-order chi connectivity index (χ1) is 17.1. The number of hydrogen-bond donors (Lipinski definition) is 3. The maximum atomic E-state index is 11.3. The van der Waals surface area contributed by atoms with E-state index in [0.717, 1.165) is 5.56 Å². The normalized spacial score (nSPS) is 10.1. The lowest BCUT2D eigenvalue weighted by Crippen LogP contribution is -2.06. The fourth-order valence-electron chi connectivity index (χ4n) is 3.48. The molecule has 0 aliphatic heterocycles. The van der Waals surface area contributed by atoms with E-state index in [4.69, 9.17) is 10.2 Å². The maximum absolute atomic E-state index is 11.3. The summed E-state index contributed by atoms with van der Waals surface area (Å²) in [6.07, 6.45) is 1.46. The van der Waals surface area contributed by atoms with Gasteiger partial charge in [0.25, 0.3) is 5.69 Å². The van der Waals surface area contributed by atoms with E-state index in [-0.39, 0.29) is 27.9 Å². The first-order valence-electron chi connectivity index (χ1n) is 10.4. The second-order valence-electron chi connectivity index (χ2n) is 7.52. The molecule has 182 valence electrons. The summed E-state index contributed by atoms with van der Waals surface area (Å²) in [5.41, 5.74) is 2.42. The molecule has 0 radical (unpaired) electrons. The summed E-state index contributed by atoms with van der Waals surface area (Å²) in [5, 5.41) is 37.6. The Morgan fingerprint density at radius 3 is 1.89 bits per heavy atom.